The van der Waals surface area contributed by atoms with E-state index in [-0.39, 0.29) is 4.90 Å². The first-order valence-corrected chi connectivity index (χ1v) is 10.8. The number of hydrogen-bond acceptors (Lipinski definition) is 4. The molecule has 6 heteroatoms. The Morgan fingerprint density at radius 3 is 2.15 bits per heavy atom. The summed E-state index contributed by atoms with van der Waals surface area (Å²) >= 11 is 0. The normalized spacial score (nSPS) is 16.1. The van der Waals surface area contributed by atoms with Gasteiger partial charge in [0.05, 0.1) is 5.69 Å². The van der Waals surface area contributed by atoms with Crippen molar-refractivity contribution in [3.63, 3.8) is 0 Å². The summed E-state index contributed by atoms with van der Waals surface area (Å²) in [6, 6.07) is 11.0. The molecule has 0 spiro atoms. The zero-order valence-corrected chi connectivity index (χ0v) is 16.3. The van der Waals surface area contributed by atoms with Gasteiger partial charge in [0.2, 0.25) is 0 Å². The number of halogens is 1. The maximum Gasteiger partial charge on any atom is 0.178 e. The van der Waals surface area contributed by atoms with E-state index >= 15 is 4.39 Å². The van der Waals surface area contributed by atoms with Gasteiger partial charge in [0.15, 0.2) is 15.7 Å². The number of rotatable bonds is 4. The summed E-state index contributed by atoms with van der Waals surface area (Å²) in [6.45, 7) is 8.11. The summed E-state index contributed by atoms with van der Waals surface area (Å²) in [5.41, 5.74) is 3.15. The topological polar surface area (TPSA) is 40.6 Å². The highest BCUT2D eigenvalue weighted by Gasteiger charge is 2.26. The van der Waals surface area contributed by atoms with Crippen LogP contribution in [0, 0.1) is 12.7 Å². The van der Waals surface area contributed by atoms with Crippen LogP contribution in [0.25, 0.3) is 11.1 Å². The quantitative estimate of drug-likeness (QED) is 0.821. The fourth-order valence-electron chi connectivity index (χ4n) is 3.40. The molecule has 1 aliphatic heterocycles. The van der Waals surface area contributed by atoms with Gasteiger partial charge in [0.25, 0.3) is 0 Å². The zero-order valence-electron chi connectivity index (χ0n) is 15.5. The second-order valence-electron chi connectivity index (χ2n) is 6.83. The number of aryl methyl sites for hydroxylation is 1. The molecular weight excluding hydrogens is 351 g/mol. The van der Waals surface area contributed by atoms with Gasteiger partial charge in [-0.2, -0.15) is 0 Å². The van der Waals surface area contributed by atoms with Crippen LogP contribution >= 0.6 is 0 Å². The second-order valence-corrected chi connectivity index (χ2v) is 8.82. The van der Waals surface area contributed by atoms with Crippen LogP contribution in [0.4, 0.5) is 10.1 Å². The van der Waals surface area contributed by atoms with Crippen LogP contribution in [0.15, 0.2) is 41.3 Å². The SMILES string of the molecule is CCN1CCN(c2c(-c3ccc(C)cc3)ccc(S(C)(=O)=O)c2F)CC1. The average Bonchev–Trinajstić information content (AvgIpc) is 2.61. The molecule has 1 heterocycles. The van der Waals surface area contributed by atoms with Gasteiger partial charge in [-0.25, -0.2) is 12.8 Å². The molecule has 4 nitrogen and oxygen atoms in total. The first-order valence-electron chi connectivity index (χ1n) is 8.88. The summed E-state index contributed by atoms with van der Waals surface area (Å²) in [5.74, 6) is -0.643. The Morgan fingerprint density at radius 1 is 1.00 bits per heavy atom. The van der Waals surface area contributed by atoms with Crippen LogP contribution in [-0.2, 0) is 9.84 Å². The molecule has 0 N–H and O–H groups in total. The van der Waals surface area contributed by atoms with E-state index in [1.165, 1.54) is 6.07 Å². The van der Waals surface area contributed by atoms with E-state index in [4.69, 9.17) is 0 Å². The number of likely N-dealkylation sites (N-methyl/N-ethyl adjacent to an activating group) is 1. The van der Waals surface area contributed by atoms with Crippen LogP contribution in [0.1, 0.15) is 12.5 Å². The van der Waals surface area contributed by atoms with E-state index in [0.29, 0.717) is 18.8 Å². The standard InChI is InChI=1S/C20H25FN2O2S/c1-4-22-11-13-23(14-12-22)20-17(16-7-5-15(2)6-8-16)9-10-18(19(20)21)26(3,24)25/h5-10H,4,11-14H2,1-3H3. The van der Waals surface area contributed by atoms with Crippen LogP contribution < -0.4 is 4.90 Å². The predicted molar refractivity (Wildman–Crippen MR) is 104 cm³/mol. The van der Waals surface area contributed by atoms with E-state index in [2.05, 4.69) is 11.8 Å². The molecule has 0 atom stereocenters. The van der Waals surface area contributed by atoms with E-state index < -0.39 is 15.7 Å². The number of anilines is 1. The van der Waals surface area contributed by atoms with Gasteiger partial charge >= 0.3 is 0 Å². The molecule has 0 aliphatic carbocycles. The molecule has 26 heavy (non-hydrogen) atoms. The van der Waals surface area contributed by atoms with Gasteiger partial charge in [-0.05, 0) is 25.1 Å². The lowest BCUT2D eigenvalue weighted by Crippen LogP contribution is -2.46. The third-order valence-electron chi connectivity index (χ3n) is 4.98. The van der Waals surface area contributed by atoms with E-state index in [1.54, 1.807) is 6.07 Å². The molecule has 1 fully saturated rings. The van der Waals surface area contributed by atoms with Crippen LogP contribution in [0.3, 0.4) is 0 Å². The van der Waals surface area contributed by atoms with Gasteiger partial charge in [-0.3, -0.25) is 0 Å². The molecule has 0 amide bonds. The molecule has 0 radical (unpaired) electrons. The van der Waals surface area contributed by atoms with Crippen LogP contribution in [-0.4, -0.2) is 52.3 Å². The van der Waals surface area contributed by atoms with Crippen molar-refractivity contribution in [2.75, 3.05) is 43.9 Å². The molecule has 140 valence electrons. The maximum atomic E-state index is 15.3. The van der Waals surface area contributed by atoms with Crippen LogP contribution in [0.5, 0.6) is 0 Å². The molecule has 3 rings (SSSR count). The highest BCUT2D eigenvalue weighted by molar-refractivity contribution is 7.90. The minimum absolute atomic E-state index is 0.235. The van der Waals surface area contributed by atoms with Gasteiger partial charge in [-0.1, -0.05) is 42.8 Å². The van der Waals surface area contributed by atoms with Crippen molar-refractivity contribution in [1.82, 2.24) is 4.90 Å². The Hall–Kier alpha value is -1.92. The summed E-state index contributed by atoms with van der Waals surface area (Å²) in [7, 11) is -3.63. The molecule has 0 unspecified atom stereocenters. The largest absolute Gasteiger partial charge is 0.366 e. The summed E-state index contributed by atoms with van der Waals surface area (Å²) < 4.78 is 39.3. The summed E-state index contributed by atoms with van der Waals surface area (Å²) in [6.07, 6.45) is 1.05. The molecule has 0 bridgehead atoms. The maximum absolute atomic E-state index is 15.3. The van der Waals surface area contributed by atoms with Crippen molar-refractivity contribution in [3.05, 3.63) is 47.8 Å². The summed E-state index contributed by atoms with van der Waals surface area (Å²) in [4.78, 5) is 4.05. The van der Waals surface area contributed by atoms with Gasteiger partial charge in [-0.15, -0.1) is 0 Å². The lowest BCUT2D eigenvalue weighted by atomic mass is 10.0. The zero-order chi connectivity index (χ0) is 18.9. The summed E-state index contributed by atoms with van der Waals surface area (Å²) in [5, 5.41) is 0. The van der Waals surface area contributed by atoms with E-state index in [9.17, 15) is 8.42 Å². The van der Waals surface area contributed by atoms with Crippen molar-refractivity contribution in [2.24, 2.45) is 0 Å². The molecule has 1 saturated heterocycles. The number of hydrogen-bond donors (Lipinski definition) is 0. The van der Waals surface area contributed by atoms with Crippen molar-refractivity contribution < 1.29 is 12.8 Å². The van der Waals surface area contributed by atoms with Crippen molar-refractivity contribution in [1.29, 1.82) is 0 Å². The Kier molecular flexibility index (Phi) is 5.34. The Bertz CT molecular complexity index is 887. The lowest BCUT2D eigenvalue weighted by Gasteiger charge is -2.37. The Balaban J connectivity index is 2.12. The molecule has 0 aromatic heterocycles. The Morgan fingerprint density at radius 2 is 1.62 bits per heavy atom. The molecule has 1 aliphatic rings. The van der Waals surface area contributed by atoms with Crippen molar-refractivity contribution >= 4 is 15.5 Å². The molecule has 0 saturated carbocycles. The fourth-order valence-corrected chi connectivity index (χ4v) is 4.13. The first kappa shape index (κ1) is 18.9. The van der Waals surface area contributed by atoms with Crippen molar-refractivity contribution in [2.45, 2.75) is 18.7 Å². The third kappa shape index (κ3) is 3.76. The minimum Gasteiger partial charge on any atom is -0.366 e. The lowest BCUT2D eigenvalue weighted by molar-refractivity contribution is 0.270. The van der Waals surface area contributed by atoms with E-state index in [1.807, 2.05) is 36.1 Å². The fraction of sp³-hybridized carbons (Fsp3) is 0.400. The van der Waals surface area contributed by atoms with Gasteiger partial charge < -0.3 is 9.80 Å². The number of nitrogens with zero attached hydrogens (tertiary/aromatic N) is 2. The van der Waals surface area contributed by atoms with Crippen molar-refractivity contribution in [3.8, 4) is 11.1 Å². The molecule has 2 aromatic carbocycles. The van der Waals surface area contributed by atoms with Gasteiger partial charge in [0.1, 0.15) is 4.90 Å². The van der Waals surface area contributed by atoms with Gasteiger partial charge in [0, 0.05) is 38.0 Å². The number of benzene rings is 2. The first-order chi connectivity index (χ1) is 12.3. The Labute approximate surface area is 155 Å². The highest BCUT2D eigenvalue weighted by atomic mass is 32.2. The van der Waals surface area contributed by atoms with Crippen LogP contribution in [0.2, 0.25) is 0 Å². The number of piperazine rings is 1. The molecular formula is C20H25FN2O2S. The third-order valence-corrected chi connectivity index (χ3v) is 6.09. The average molecular weight is 376 g/mol. The number of sulfone groups is 1. The monoisotopic (exact) mass is 376 g/mol. The predicted octanol–water partition coefficient (Wildman–Crippen LogP) is 3.35. The smallest absolute Gasteiger partial charge is 0.178 e. The molecule has 2 aromatic rings. The van der Waals surface area contributed by atoms with E-state index in [0.717, 1.165) is 42.6 Å². The highest BCUT2D eigenvalue weighted by Crippen LogP contribution is 2.37. The second kappa shape index (κ2) is 7.37. The minimum atomic E-state index is -3.63.